The molecule has 0 heterocycles. The van der Waals surface area contributed by atoms with Crippen LogP contribution in [0, 0.1) is 25.2 Å². The van der Waals surface area contributed by atoms with E-state index in [-0.39, 0.29) is 22.6 Å². The number of rotatable bonds is 6. The molecule has 5 nitrogen and oxygen atoms in total. The highest BCUT2D eigenvalue weighted by Crippen LogP contribution is 2.34. The number of anilines is 1. The van der Waals surface area contributed by atoms with Crippen LogP contribution in [0.2, 0.25) is 0 Å². The van der Waals surface area contributed by atoms with E-state index in [1.54, 1.807) is 12.1 Å². The first-order valence-electron chi connectivity index (χ1n) is 7.98. The smallest absolute Gasteiger partial charge is 0.387 e. The summed E-state index contributed by atoms with van der Waals surface area (Å²) in [6.45, 7) is 0.576. The molecule has 0 atom stereocenters. The number of hydrogen-bond donors (Lipinski definition) is 1. The molecule has 1 amide bonds. The van der Waals surface area contributed by atoms with Gasteiger partial charge in [-0.3, -0.25) is 4.79 Å². The van der Waals surface area contributed by atoms with Gasteiger partial charge in [0.15, 0.2) is 11.5 Å². The van der Waals surface area contributed by atoms with Crippen LogP contribution in [0.25, 0.3) is 6.08 Å². The van der Waals surface area contributed by atoms with Gasteiger partial charge in [-0.15, -0.1) is 0 Å². The highest BCUT2D eigenvalue weighted by molar-refractivity contribution is 6.10. The van der Waals surface area contributed by atoms with Crippen molar-refractivity contribution >= 4 is 17.7 Å². The number of nitriles is 1. The Morgan fingerprint density at radius 1 is 1.19 bits per heavy atom. The topological polar surface area (TPSA) is 71.3 Å². The number of aryl methyl sites for hydroxylation is 2. The summed E-state index contributed by atoms with van der Waals surface area (Å²) in [4.78, 5) is 12.5. The monoisotopic (exact) mass is 372 g/mol. The number of halogens is 2. The molecule has 0 saturated carbocycles. The summed E-state index contributed by atoms with van der Waals surface area (Å²) in [5.41, 5.74) is 2.14. The Kier molecular flexibility index (Phi) is 6.50. The van der Waals surface area contributed by atoms with E-state index in [9.17, 15) is 18.8 Å². The molecule has 27 heavy (non-hydrogen) atoms. The zero-order valence-electron chi connectivity index (χ0n) is 15.0. The maximum absolute atomic E-state index is 12.7. The maximum Gasteiger partial charge on any atom is 0.387 e. The molecule has 2 aromatic carbocycles. The Labute approximate surface area is 155 Å². The van der Waals surface area contributed by atoms with E-state index in [1.165, 1.54) is 25.3 Å². The number of carbonyl (C=O) groups excluding carboxylic acids is 1. The van der Waals surface area contributed by atoms with Gasteiger partial charge < -0.3 is 14.8 Å². The summed E-state index contributed by atoms with van der Waals surface area (Å²) in [5.74, 6) is -0.833. The fourth-order valence-electron chi connectivity index (χ4n) is 2.52. The molecule has 0 fully saturated rings. The van der Waals surface area contributed by atoms with Crippen LogP contribution in [0.1, 0.15) is 16.7 Å². The van der Waals surface area contributed by atoms with E-state index in [0.29, 0.717) is 5.69 Å². The second-order valence-corrected chi connectivity index (χ2v) is 5.65. The minimum atomic E-state index is -3.08. The summed E-state index contributed by atoms with van der Waals surface area (Å²) in [5, 5.41) is 12.1. The van der Waals surface area contributed by atoms with Gasteiger partial charge in [0, 0.05) is 11.3 Å². The molecular formula is C20H18F2N2O3. The maximum atomic E-state index is 12.7. The van der Waals surface area contributed by atoms with Crippen molar-refractivity contribution in [2.24, 2.45) is 0 Å². The molecule has 0 unspecified atom stereocenters. The lowest BCUT2D eigenvalue weighted by molar-refractivity contribution is -0.112. The van der Waals surface area contributed by atoms with Gasteiger partial charge in [0.25, 0.3) is 5.91 Å². The molecule has 0 aliphatic heterocycles. The van der Waals surface area contributed by atoms with Crippen LogP contribution < -0.4 is 14.8 Å². The van der Waals surface area contributed by atoms with E-state index < -0.39 is 12.5 Å². The predicted octanol–water partition coefficient (Wildman–Crippen LogP) is 4.46. The average Bonchev–Trinajstić information content (AvgIpc) is 2.63. The highest BCUT2D eigenvalue weighted by atomic mass is 19.3. The van der Waals surface area contributed by atoms with Crippen molar-refractivity contribution in [3.63, 3.8) is 0 Å². The lowest BCUT2D eigenvalue weighted by Crippen LogP contribution is -2.15. The molecule has 1 N–H and O–H groups in total. The van der Waals surface area contributed by atoms with Gasteiger partial charge in [-0.1, -0.05) is 30.3 Å². The minimum absolute atomic E-state index is 0.0662. The number of hydrogen-bond acceptors (Lipinski definition) is 4. The van der Waals surface area contributed by atoms with Gasteiger partial charge in [0.2, 0.25) is 0 Å². The van der Waals surface area contributed by atoms with Crippen LogP contribution in [0.4, 0.5) is 14.5 Å². The van der Waals surface area contributed by atoms with E-state index in [2.05, 4.69) is 10.1 Å². The molecule has 0 spiro atoms. The van der Waals surface area contributed by atoms with Crippen molar-refractivity contribution in [3.8, 4) is 17.6 Å². The molecule has 2 aromatic rings. The standard InChI is InChI=1S/C20H18F2N2O3/c1-12-6-4-7-13(2)17(12)24-19(25)15(11-23)10-14-8-5-9-16(26-3)18(14)27-20(21)22/h4-10,20H,1-3H3,(H,24,25). The molecular weight excluding hydrogens is 354 g/mol. The molecule has 2 rings (SSSR count). The van der Waals surface area contributed by atoms with Gasteiger partial charge in [0.05, 0.1) is 7.11 Å². The zero-order valence-corrected chi connectivity index (χ0v) is 15.0. The number of methoxy groups -OCH3 is 1. The fourth-order valence-corrected chi connectivity index (χ4v) is 2.52. The van der Waals surface area contributed by atoms with E-state index in [4.69, 9.17) is 4.74 Å². The lowest BCUT2D eigenvalue weighted by Gasteiger charge is -2.13. The van der Waals surface area contributed by atoms with Gasteiger partial charge >= 0.3 is 6.61 Å². The minimum Gasteiger partial charge on any atom is -0.493 e. The number of alkyl halides is 2. The summed E-state index contributed by atoms with van der Waals surface area (Å²) < 4.78 is 35.0. The fraction of sp³-hybridized carbons (Fsp3) is 0.200. The first kappa shape index (κ1) is 19.9. The largest absolute Gasteiger partial charge is 0.493 e. The first-order chi connectivity index (χ1) is 12.9. The van der Waals surface area contributed by atoms with Crippen molar-refractivity contribution in [3.05, 3.63) is 58.7 Å². The van der Waals surface area contributed by atoms with Gasteiger partial charge in [-0.05, 0) is 37.1 Å². The number of amides is 1. The van der Waals surface area contributed by atoms with Crippen molar-refractivity contribution < 1.29 is 23.0 Å². The van der Waals surface area contributed by atoms with Crippen LogP contribution >= 0.6 is 0 Å². The average molecular weight is 372 g/mol. The quantitative estimate of drug-likeness (QED) is 0.600. The Morgan fingerprint density at radius 2 is 1.81 bits per heavy atom. The number of nitrogens with one attached hydrogen (secondary N) is 1. The van der Waals surface area contributed by atoms with Crippen molar-refractivity contribution in [1.82, 2.24) is 0 Å². The van der Waals surface area contributed by atoms with Crippen LogP contribution in [0.15, 0.2) is 42.0 Å². The Hall–Kier alpha value is -3.40. The van der Waals surface area contributed by atoms with Gasteiger partial charge in [-0.2, -0.15) is 14.0 Å². The van der Waals surface area contributed by atoms with Crippen molar-refractivity contribution in [2.45, 2.75) is 20.5 Å². The normalized spacial score (nSPS) is 11.1. The zero-order chi connectivity index (χ0) is 20.0. The lowest BCUT2D eigenvalue weighted by atomic mass is 10.1. The van der Waals surface area contributed by atoms with Crippen LogP contribution in [0.5, 0.6) is 11.5 Å². The third-order valence-corrected chi connectivity index (χ3v) is 3.82. The summed E-state index contributed by atoms with van der Waals surface area (Å²) in [6, 6.07) is 11.7. The molecule has 0 saturated heterocycles. The second kappa shape index (κ2) is 8.81. The number of benzene rings is 2. The third-order valence-electron chi connectivity index (χ3n) is 3.82. The van der Waals surface area contributed by atoms with E-state index in [1.807, 2.05) is 32.0 Å². The SMILES string of the molecule is COc1cccc(C=C(C#N)C(=O)Nc2c(C)cccc2C)c1OC(F)F. The molecule has 140 valence electrons. The molecule has 0 aliphatic rings. The van der Waals surface area contributed by atoms with Crippen LogP contribution in [-0.2, 0) is 4.79 Å². The Morgan fingerprint density at radius 3 is 2.37 bits per heavy atom. The molecule has 0 radical (unpaired) electrons. The van der Waals surface area contributed by atoms with Gasteiger partial charge in [-0.25, -0.2) is 0 Å². The molecule has 7 heteroatoms. The van der Waals surface area contributed by atoms with Gasteiger partial charge in [0.1, 0.15) is 11.6 Å². The van der Waals surface area contributed by atoms with Crippen molar-refractivity contribution in [1.29, 1.82) is 5.26 Å². The first-order valence-corrected chi connectivity index (χ1v) is 7.98. The van der Waals surface area contributed by atoms with Crippen LogP contribution in [-0.4, -0.2) is 19.6 Å². The van der Waals surface area contributed by atoms with Crippen molar-refractivity contribution in [2.75, 3.05) is 12.4 Å². The number of nitrogens with zero attached hydrogens (tertiary/aromatic N) is 1. The Balaban J connectivity index is 2.41. The second-order valence-electron chi connectivity index (χ2n) is 5.65. The highest BCUT2D eigenvalue weighted by Gasteiger charge is 2.17. The summed E-state index contributed by atoms with van der Waals surface area (Å²) >= 11 is 0. The molecule has 0 aliphatic carbocycles. The predicted molar refractivity (Wildman–Crippen MR) is 97.8 cm³/mol. The number of carbonyl (C=O) groups is 1. The van der Waals surface area contributed by atoms with Crippen LogP contribution in [0.3, 0.4) is 0 Å². The Bertz CT molecular complexity index is 898. The third kappa shape index (κ3) is 4.82. The molecule has 0 aromatic heterocycles. The summed E-state index contributed by atoms with van der Waals surface area (Å²) in [7, 11) is 1.31. The molecule has 0 bridgehead atoms. The summed E-state index contributed by atoms with van der Waals surface area (Å²) in [6.07, 6.45) is 1.18. The van der Waals surface area contributed by atoms with E-state index >= 15 is 0 Å². The number of ether oxygens (including phenoxy) is 2. The van der Waals surface area contributed by atoms with E-state index in [0.717, 1.165) is 11.1 Å². The number of para-hydroxylation sites is 2.